The molecule has 1 aliphatic heterocycles. The van der Waals surface area contributed by atoms with Crippen LogP contribution in [0.25, 0.3) is 0 Å². The van der Waals surface area contributed by atoms with Gasteiger partial charge in [0, 0.05) is 25.8 Å². The third kappa shape index (κ3) is 3.38. The molecular formula is C16H24N2O2. The maximum Gasteiger partial charge on any atom is 0.121 e. The minimum absolute atomic E-state index is 0.00956. The Bertz CT molecular complexity index is 397. The molecule has 1 fully saturated rings. The van der Waals surface area contributed by atoms with Crippen molar-refractivity contribution in [3.8, 4) is 0 Å². The van der Waals surface area contributed by atoms with E-state index in [-0.39, 0.29) is 5.54 Å². The van der Waals surface area contributed by atoms with Crippen molar-refractivity contribution in [2.24, 2.45) is 0 Å². The molecule has 4 nitrogen and oxygen atoms in total. The van der Waals surface area contributed by atoms with Crippen molar-refractivity contribution in [3.05, 3.63) is 30.3 Å². The summed E-state index contributed by atoms with van der Waals surface area (Å²) in [5, 5.41) is 3.41. The maximum atomic E-state index is 10.8. The Labute approximate surface area is 121 Å². The summed E-state index contributed by atoms with van der Waals surface area (Å²) >= 11 is 0. The molecule has 4 heteroatoms. The number of benzene rings is 1. The molecule has 0 amide bonds. The average molecular weight is 276 g/mol. The first-order valence-electron chi connectivity index (χ1n) is 7.28. The normalized spacial score (nSPS) is 17.6. The number of piperidine rings is 1. The number of hydrogen-bond acceptors (Lipinski definition) is 4. The number of ether oxygens (including phenoxy) is 1. The number of rotatable bonds is 7. The molecule has 0 spiro atoms. The van der Waals surface area contributed by atoms with Gasteiger partial charge in [-0.3, -0.25) is 0 Å². The van der Waals surface area contributed by atoms with E-state index in [2.05, 4.69) is 22.3 Å². The summed E-state index contributed by atoms with van der Waals surface area (Å²) in [5.41, 5.74) is 1.16. The summed E-state index contributed by atoms with van der Waals surface area (Å²) in [6.07, 6.45) is 3.62. The smallest absolute Gasteiger partial charge is 0.121 e. The first-order valence-corrected chi connectivity index (χ1v) is 7.28. The largest absolute Gasteiger partial charge is 0.382 e. The lowest BCUT2D eigenvalue weighted by Gasteiger charge is -2.47. The molecular weight excluding hydrogens is 252 g/mol. The van der Waals surface area contributed by atoms with Crippen molar-refractivity contribution in [2.45, 2.75) is 24.8 Å². The second-order valence-electron chi connectivity index (χ2n) is 5.35. The first-order chi connectivity index (χ1) is 9.82. The van der Waals surface area contributed by atoms with Crippen molar-refractivity contribution in [2.75, 3.05) is 38.3 Å². The Morgan fingerprint density at radius 2 is 2.00 bits per heavy atom. The molecule has 2 rings (SSSR count). The van der Waals surface area contributed by atoms with Crippen molar-refractivity contribution < 1.29 is 9.53 Å². The van der Waals surface area contributed by atoms with Gasteiger partial charge in [-0.1, -0.05) is 18.2 Å². The van der Waals surface area contributed by atoms with Crippen LogP contribution in [-0.2, 0) is 9.53 Å². The van der Waals surface area contributed by atoms with Crippen molar-refractivity contribution in [1.82, 2.24) is 5.32 Å². The molecule has 110 valence electrons. The van der Waals surface area contributed by atoms with E-state index in [0.29, 0.717) is 13.0 Å². The molecule has 0 atom stereocenters. The van der Waals surface area contributed by atoms with Gasteiger partial charge >= 0.3 is 0 Å². The number of hydrogen-bond donors (Lipinski definition) is 1. The molecule has 0 bridgehead atoms. The quantitative estimate of drug-likeness (QED) is 0.772. The van der Waals surface area contributed by atoms with Crippen LogP contribution in [0, 0.1) is 0 Å². The third-order valence-electron chi connectivity index (χ3n) is 4.06. The average Bonchev–Trinajstić information content (AvgIpc) is 2.50. The fourth-order valence-electron chi connectivity index (χ4n) is 3.08. The molecule has 0 radical (unpaired) electrons. The van der Waals surface area contributed by atoms with Gasteiger partial charge in [0.1, 0.15) is 6.29 Å². The van der Waals surface area contributed by atoms with E-state index >= 15 is 0 Å². The Morgan fingerprint density at radius 1 is 1.30 bits per heavy atom. The second kappa shape index (κ2) is 7.41. The molecule has 1 heterocycles. The van der Waals surface area contributed by atoms with Crippen molar-refractivity contribution in [1.29, 1.82) is 0 Å². The summed E-state index contributed by atoms with van der Waals surface area (Å²) in [4.78, 5) is 13.2. The van der Waals surface area contributed by atoms with E-state index in [1.54, 1.807) is 7.11 Å². The highest BCUT2D eigenvalue weighted by Gasteiger charge is 2.38. The summed E-state index contributed by atoms with van der Waals surface area (Å²) in [7, 11) is 1.76. The van der Waals surface area contributed by atoms with Crippen LogP contribution >= 0.6 is 0 Å². The number of para-hydroxylation sites is 1. The molecule has 1 aromatic carbocycles. The number of methoxy groups -OCH3 is 1. The molecule has 0 unspecified atom stereocenters. The van der Waals surface area contributed by atoms with Crippen LogP contribution in [0.5, 0.6) is 0 Å². The van der Waals surface area contributed by atoms with E-state index in [0.717, 1.165) is 38.8 Å². The third-order valence-corrected chi connectivity index (χ3v) is 4.06. The lowest BCUT2D eigenvalue weighted by Crippen LogP contribution is -2.58. The standard InChI is InChI=1S/C16H24N2O2/c1-20-14-16(8-10-17-11-9-16)18(12-5-13-19)15-6-3-2-4-7-15/h2-4,6-7,13,17H,5,8-12,14H2,1H3. The van der Waals surface area contributed by atoms with Gasteiger partial charge in [0.15, 0.2) is 0 Å². The van der Waals surface area contributed by atoms with Crippen molar-refractivity contribution in [3.63, 3.8) is 0 Å². The number of carbonyl (C=O) groups is 1. The Morgan fingerprint density at radius 3 is 2.60 bits per heavy atom. The number of anilines is 1. The van der Waals surface area contributed by atoms with E-state index in [1.807, 2.05) is 18.2 Å². The Hall–Kier alpha value is -1.39. The second-order valence-corrected chi connectivity index (χ2v) is 5.35. The molecule has 1 N–H and O–H groups in total. The molecule has 1 aromatic rings. The zero-order valence-corrected chi connectivity index (χ0v) is 12.2. The van der Waals surface area contributed by atoms with Gasteiger partial charge in [-0.25, -0.2) is 0 Å². The topological polar surface area (TPSA) is 41.6 Å². The van der Waals surface area contributed by atoms with E-state index in [1.165, 1.54) is 5.69 Å². The highest BCUT2D eigenvalue weighted by atomic mass is 16.5. The van der Waals surface area contributed by atoms with Crippen LogP contribution in [-0.4, -0.2) is 45.2 Å². The molecule has 0 saturated carbocycles. The molecule has 20 heavy (non-hydrogen) atoms. The van der Waals surface area contributed by atoms with Crippen LogP contribution in [0.15, 0.2) is 30.3 Å². The first kappa shape index (κ1) is 15.0. The molecule has 0 aromatic heterocycles. The van der Waals surface area contributed by atoms with Gasteiger partial charge in [0.25, 0.3) is 0 Å². The number of nitrogens with one attached hydrogen (secondary N) is 1. The van der Waals surface area contributed by atoms with Crippen molar-refractivity contribution >= 4 is 12.0 Å². The predicted octanol–water partition coefficient (Wildman–Crippen LogP) is 1.85. The SMILES string of the molecule is COCC1(N(CCC=O)c2ccccc2)CCNCC1. The van der Waals surface area contributed by atoms with Gasteiger partial charge in [-0.05, 0) is 38.1 Å². The summed E-state index contributed by atoms with van der Waals surface area (Å²) in [6.45, 7) is 3.43. The number of nitrogens with zero attached hydrogens (tertiary/aromatic N) is 1. The zero-order valence-electron chi connectivity index (χ0n) is 12.2. The number of aldehydes is 1. The molecule has 0 aliphatic carbocycles. The Balaban J connectivity index is 2.28. The van der Waals surface area contributed by atoms with Gasteiger partial charge in [0.05, 0.1) is 12.1 Å². The van der Waals surface area contributed by atoms with Crippen LogP contribution in [0.4, 0.5) is 5.69 Å². The fraction of sp³-hybridized carbons (Fsp3) is 0.562. The summed E-state index contributed by atoms with van der Waals surface area (Å²) < 4.78 is 5.51. The Kier molecular flexibility index (Phi) is 5.56. The lowest BCUT2D eigenvalue weighted by molar-refractivity contribution is -0.107. The lowest BCUT2D eigenvalue weighted by atomic mass is 9.86. The van der Waals surface area contributed by atoms with Crippen LogP contribution in [0.1, 0.15) is 19.3 Å². The van der Waals surface area contributed by atoms with Crippen LogP contribution in [0.2, 0.25) is 0 Å². The van der Waals surface area contributed by atoms with Crippen LogP contribution < -0.4 is 10.2 Å². The van der Waals surface area contributed by atoms with Gasteiger partial charge in [0.2, 0.25) is 0 Å². The van der Waals surface area contributed by atoms with Gasteiger partial charge in [-0.2, -0.15) is 0 Å². The minimum atomic E-state index is -0.00956. The van der Waals surface area contributed by atoms with E-state index in [4.69, 9.17) is 4.74 Å². The number of carbonyl (C=O) groups excluding carboxylic acids is 1. The van der Waals surface area contributed by atoms with Gasteiger partial charge < -0.3 is 19.7 Å². The highest BCUT2D eigenvalue weighted by Crippen LogP contribution is 2.31. The maximum absolute atomic E-state index is 10.8. The summed E-state index contributed by atoms with van der Waals surface area (Å²) in [6, 6.07) is 10.3. The van der Waals surface area contributed by atoms with E-state index < -0.39 is 0 Å². The predicted molar refractivity (Wildman–Crippen MR) is 81.2 cm³/mol. The van der Waals surface area contributed by atoms with Gasteiger partial charge in [-0.15, -0.1) is 0 Å². The molecule has 1 aliphatic rings. The highest BCUT2D eigenvalue weighted by molar-refractivity contribution is 5.54. The molecule has 1 saturated heterocycles. The van der Waals surface area contributed by atoms with E-state index in [9.17, 15) is 4.79 Å². The summed E-state index contributed by atoms with van der Waals surface area (Å²) in [5.74, 6) is 0. The van der Waals surface area contributed by atoms with Crippen LogP contribution in [0.3, 0.4) is 0 Å². The zero-order chi connectivity index (χ0) is 14.3. The minimum Gasteiger partial charge on any atom is -0.382 e. The monoisotopic (exact) mass is 276 g/mol. The fourth-order valence-corrected chi connectivity index (χ4v) is 3.08.